The minimum Gasteiger partial charge on any atom is -0.316 e. The molecule has 1 atom stereocenters. The Balaban J connectivity index is 2.84. The second kappa shape index (κ2) is 8.05. The molecule has 0 fully saturated rings. The van der Waals surface area contributed by atoms with Gasteiger partial charge in [-0.15, -0.1) is 0 Å². The number of aromatic nitrogens is 2. The normalized spacial score (nSPS) is 13.2. The van der Waals surface area contributed by atoms with Crippen molar-refractivity contribution >= 4 is 15.9 Å². The predicted molar refractivity (Wildman–Crippen MR) is 85.5 cm³/mol. The first-order valence-corrected chi connectivity index (χ1v) is 8.19. The molecule has 1 unspecified atom stereocenters. The van der Waals surface area contributed by atoms with Crippen molar-refractivity contribution in [2.45, 2.75) is 58.9 Å². The minimum absolute atomic E-state index is 0.533. The van der Waals surface area contributed by atoms with Crippen LogP contribution in [0.3, 0.4) is 0 Å². The van der Waals surface area contributed by atoms with E-state index in [0.29, 0.717) is 6.04 Å². The lowest BCUT2D eigenvalue weighted by molar-refractivity contribution is 0.318. The quantitative estimate of drug-likeness (QED) is 0.785. The molecule has 1 heterocycles. The second-order valence-electron chi connectivity index (χ2n) is 5.41. The standard InChI is InChI=1S/C15H28BrN3/c1-6-8-12(9-7-2)13(17-4)10-14-15(16)11(3)18-19(14)5/h12-13,17H,6-10H2,1-5H3. The van der Waals surface area contributed by atoms with Gasteiger partial charge in [-0.2, -0.15) is 5.10 Å². The van der Waals surface area contributed by atoms with E-state index in [2.05, 4.69) is 54.2 Å². The molecule has 1 aromatic heterocycles. The number of hydrogen-bond donors (Lipinski definition) is 1. The van der Waals surface area contributed by atoms with E-state index < -0.39 is 0 Å². The van der Waals surface area contributed by atoms with Gasteiger partial charge in [-0.25, -0.2) is 0 Å². The molecule has 0 aliphatic carbocycles. The van der Waals surface area contributed by atoms with Gasteiger partial charge in [0, 0.05) is 19.5 Å². The smallest absolute Gasteiger partial charge is 0.0738 e. The molecule has 0 bridgehead atoms. The van der Waals surface area contributed by atoms with E-state index >= 15 is 0 Å². The van der Waals surface area contributed by atoms with Crippen molar-refractivity contribution in [1.29, 1.82) is 0 Å². The molecule has 4 heteroatoms. The number of rotatable bonds is 8. The molecule has 19 heavy (non-hydrogen) atoms. The first-order valence-electron chi connectivity index (χ1n) is 7.40. The highest BCUT2D eigenvalue weighted by atomic mass is 79.9. The molecule has 0 aliphatic rings. The van der Waals surface area contributed by atoms with Crippen LogP contribution >= 0.6 is 15.9 Å². The van der Waals surface area contributed by atoms with Crippen molar-refractivity contribution < 1.29 is 0 Å². The van der Waals surface area contributed by atoms with Gasteiger partial charge in [-0.3, -0.25) is 4.68 Å². The Kier molecular flexibility index (Phi) is 7.08. The SMILES string of the molecule is CCCC(CCC)C(Cc1c(Br)c(C)nn1C)NC. The summed E-state index contributed by atoms with van der Waals surface area (Å²) in [6.45, 7) is 6.61. The molecule has 110 valence electrons. The van der Waals surface area contributed by atoms with E-state index in [1.54, 1.807) is 0 Å². The zero-order valence-electron chi connectivity index (χ0n) is 13.0. The molecule has 0 radical (unpaired) electrons. The van der Waals surface area contributed by atoms with Crippen molar-refractivity contribution in [2.24, 2.45) is 13.0 Å². The van der Waals surface area contributed by atoms with Crippen LogP contribution in [0.1, 0.15) is 50.9 Å². The second-order valence-corrected chi connectivity index (χ2v) is 6.20. The van der Waals surface area contributed by atoms with Crippen LogP contribution in [0.2, 0.25) is 0 Å². The number of hydrogen-bond acceptors (Lipinski definition) is 2. The molecular weight excluding hydrogens is 302 g/mol. The third-order valence-electron chi connectivity index (χ3n) is 3.93. The molecule has 1 N–H and O–H groups in total. The summed E-state index contributed by atoms with van der Waals surface area (Å²) in [4.78, 5) is 0. The summed E-state index contributed by atoms with van der Waals surface area (Å²) in [7, 11) is 4.12. The fraction of sp³-hybridized carbons (Fsp3) is 0.800. The molecule has 0 saturated heterocycles. The highest BCUT2D eigenvalue weighted by Crippen LogP contribution is 2.26. The summed E-state index contributed by atoms with van der Waals surface area (Å²) in [5, 5.41) is 8.01. The van der Waals surface area contributed by atoms with Crippen molar-refractivity contribution in [3.8, 4) is 0 Å². The predicted octanol–water partition coefficient (Wildman–Crippen LogP) is 3.84. The monoisotopic (exact) mass is 329 g/mol. The molecule has 0 aromatic carbocycles. The summed E-state index contributed by atoms with van der Waals surface area (Å²) in [5.41, 5.74) is 2.38. The highest BCUT2D eigenvalue weighted by molar-refractivity contribution is 9.10. The van der Waals surface area contributed by atoms with Gasteiger partial charge in [0.25, 0.3) is 0 Å². The Labute approximate surface area is 126 Å². The molecule has 1 rings (SSSR count). The topological polar surface area (TPSA) is 29.9 Å². The summed E-state index contributed by atoms with van der Waals surface area (Å²) < 4.78 is 3.18. The third kappa shape index (κ3) is 4.32. The lowest BCUT2D eigenvalue weighted by atomic mass is 9.88. The van der Waals surface area contributed by atoms with Crippen molar-refractivity contribution in [3.05, 3.63) is 15.9 Å². The summed E-state index contributed by atoms with van der Waals surface area (Å²) >= 11 is 3.67. The zero-order valence-corrected chi connectivity index (χ0v) is 14.5. The van der Waals surface area contributed by atoms with Gasteiger partial charge >= 0.3 is 0 Å². The fourth-order valence-corrected chi connectivity index (χ4v) is 3.40. The van der Waals surface area contributed by atoms with E-state index in [-0.39, 0.29) is 0 Å². The van der Waals surface area contributed by atoms with Crippen molar-refractivity contribution in [3.63, 3.8) is 0 Å². The molecule has 0 amide bonds. The van der Waals surface area contributed by atoms with E-state index in [0.717, 1.165) is 18.0 Å². The molecular formula is C15H28BrN3. The van der Waals surface area contributed by atoms with Crippen LogP contribution in [0, 0.1) is 12.8 Å². The number of halogens is 1. The molecule has 3 nitrogen and oxygen atoms in total. The summed E-state index contributed by atoms with van der Waals surface area (Å²) in [6, 6.07) is 0.533. The Morgan fingerprint density at radius 3 is 2.21 bits per heavy atom. The Hall–Kier alpha value is -0.350. The first kappa shape index (κ1) is 16.7. The average molecular weight is 330 g/mol. The van der Waals surface area contributed by atoms with Crippen LogP contribution in [-0.2, 0) is 13.5 Å². The molecule has 0 aliphatic heterocycles. The largest absolute Gasteiger partial charge is 0.316 e. The maximum absolute atomic E-state index is 4.49. The Bertz CT molecular complexity index is 381. The average Bonchev–Trinajstić information content (AvgIpc) is 2.61. The molecule has 0 saturated carbocycles. The number of nitrogens with one attached hydrogen (secondary N) is 1. The maximum Gasteiger partial charge on any atom is 0.0738 e. The molecule has 0 spiro atoms. The highest BCUT2D eigenvalue weighted by Gasteiger charge is 2.22. The van der Waals surface area contributed by atoms with Crippen molar-refractivity contribution in [2.75, 3.05) is 7.05 Å². The lowest BCUT2D eigenvalue weighted by Crippen LogP contribution is -2.36. The van der Waals surface area contributed by atoms with E-state index in [1.165, 1.54) is 35.8 Å². The maximum atomic E-state index is 4.49. The van der Waals surface area contributed by atoms with Crippen LogP contribution in [0.5, 0.6) is 0 Å². The van der Waals surface area contributed by atoms with Crippen LogP contribution < -0.4 is 5.32 Å². The van der Waals surface area contributed by atoms with Gasteiger partial charge < -0.3 is 5.32 Å². The van der Waals surface area contributed by atoms with Gasteiger partial charge in [0.05, 0.1) is 15.9 Å². The van der Waals surface area contributed by atoms with E-state index in [9.17, 15) is 0 Å². The third-order valence-corrected chi connectivity index (χ3v) is 4.97. The first-order chi connectivity index (χ1) is 9.04. The van der Waals surface area contributed by atoms with Gasteiger partial charge in [0.2, 0.25) is 0 Å². The summed E-state index contributed by atoms with van der Waals surface area (Å²) in [5.74, 6) is 0.752. The van der Waals surface area contributed by atoms with Crippen LogP contribution in [0.25, 0.3) is 0 Å². The number of aryl methyl sites for hydroxylation is 2. The van der Waals surface area contributed by atoms with Crippen LogP contribution in [-0.4, -0.2) is 22.9 Å². The summed E-state index contributed by atoms with van der Waals surface area (Å²) in [6.07, 6.45) is 6.16. The Morgan fingerprint density at radius 2 is 1.84 bits per heavy atom. The van der Waals surface area contributed by atoms with Gasteiger partial charge in [-0.1, -0.05) is 26.7 Å². The lowest BCUT2D eigenvalue weighted by Gasteiger charge is -2.26. The van der Waals surface area contributed by atoms with Gasteiger partial charge in [-0.05, 0) is 48.7 Å². The van der Waals surface area contributed by atoms with Crippen molar-refractivity contribution in [1.82, 2.24) is 15.1 Å². The fourth-order valence-electron chi connectivity index (χ4n) is 2.90. The molecule has 1 aromatic rings. The van der Waals surface area contributed by atoms with Crippen LogP contribution in [0.15, 0.2) is 4.47 Å². The van der Waals surface area contributed by atoms with Gasteiger partial charge in [0.15, 0.2) is 0 Å². The van der Waals surface area contributed by atoms with Gasteiger partial charge in [0.1, 0.15) is 0 Å². The minimum atomic E-state index is 0.533. The van der Waals surface area contributed by atoms with E-state index in [4.69, 9.17) is 0 Å². The zero-order chi connectivity index (χ0) is 14.4. The number of likely N-dealkylation sites (N-methyl/N-ethyl adjacent to an activating group) is 1. The van der Waals surface area contributed by atoms with Crippen LogP contribution in [0.4, 0.5) is 0 Å². The number of nitrogens with zero attached hydrogens (tertiary/aromatic N) is 2. The Morgan fingerprint density at radius 1 is 1.26 bits per heavy atom. The van der Waals surface area contributed by atoms with E-state index in [1.807, 2.05) is 11.7 Å².